The molecule has 0 saturated carbocycles. The molecule has 1 aromatic rings. The first kappa shape index (κ1) is 14.9. The van der Waals surface area contributed by atoms with Crippen molar-refractivity contribution in [1.29, 1.82) is 0 Å². The number of carbonyl (C=O) groups excluding carboxylic acids is 2. The Balaban J connectivity index is 2.31. The fourth-order valence-corrected chi connectivity index (χ4v) is 1.51. The van der Waals surface area contributed by atoms with Crippen LogP contribution >= 0.6 is 0 Å². The summed E-state index contributed by atoms with van der Waals surface area (Å²) in [5, 5.41) is 10.9. The van der Waals surface area contributed by atoms with Gasteiger partial charge in [-0.25, -0.2) is 0 Å². The van der Waals surface area contributed by atoms with Crippen molar-refractivity contribution in [3.8, 4) is 0 Å². The summed E-state index contributed by atoms with van der Waals surface area (Å²) in [6.07, 6.45) is 0.0892. The molecule has 5 nitrogen and oxygen atoms in total. The lowest BCUT2D eigenvalue weighted by atomic mass is 10.1. The Morgan fingerprint density at radius 2 is 1.68 bits per heavy atom. The van der Waals surface area contributed by atoms with Gasteiger partial charge >= 0.3 is 5.97 Å². The van der Waals surface area contributed by atoms with Crippen LogP contribution < -0.4 is 5.32 Å². The molecule has 0 unspecified atom stereocenters. The highest BCUT2D eigenvalue weighted by Gasteiger charge is 2.09. The van der Waals surface area contributed by atoms with Gasteiger partial charge in [-0.2, -0.15) is 0 Å². The van der Waals surface area contributed by atoms with Crippen LogP contribution in [0.15, 0.2) is 24.3 Å². The molecule has 0 aliphatic rings. The van der Waals surface area contributed by atoms with E-state index in [2.05, 4.69) is 5.32 Å². The highest BCUT2D eigenvalue weighted by atomic mass is 16.4. The highest BCUT2D eigenvalue weighted by molar-refractivity contribution is 5.97. The van der Waals surface area contributed by atoms with E-state index in [1.54, 1.807) is 12.1 Å². The summed E-state index contributed by atoms with van der Waals surface area (Å²) in [6.45, 7) is 2.02. The van der Waals surface area contributed by atoms with E-state index in [4.69, 9.17) is 5.11 Å². The van der Waals surface area contributed by atoms with Crippen LogP contribution in [-0.2, 0) is 9.59 Å². The van der Waals surface area contributed by atoms with Crippen molar-refractivity contribution in [2.45, 2.75) is 26.2 Å². The minimum absolute atomic E-state index is 0.0757. The maximum absolute atomic E-state index is 11.8. The molecule has 2 N–H and O–H groups in total. The van der Waals surface area contributed by atoms with Crippen LogP contribution in [0.1, 0.15) is 35.2 Å². The lowest BCUT2D eigenvalue weighted by Crippen LogP contribution is -2.26. The van der Waals surface area contributed by atoms with Gasteiger partial charge in [-0.05, 0) is 6.92 Å². The second-order valence-corrected chi connectivity index (χ2v) is 4.28. The van der Waals surface area contributed by atoms with Crippen molar-refractivity contribution in [3.05, 3.63) is 35.4 Å². The summed E-state index contributed by atoms with van der Waals surface area (Å²) >= 11 is 0. The van der Waals surface area contributed by atoms with Crippen LogP contribution in [0.25, 0.3) is 0 Å². The van der Waals surface area contributed by atoms with Gasteiger partial charge < -0.3 is 10.4 Å². The maximum Gasteiger partial charge on any atom is 0.305 e. The predicted octanol–water partition coefficient (Wildman–Crippen LogP) is 1.55. The summed E-state index contributed by atoms with van der Waals surface area (Å²) in [5.74, 6) is -1.36. The number of benzene rings is 1. The van der Waals surface area contributed by atoms with Crippen LogP contribution in [0.3, 0.4) is 0 Å². The molecular weight excluding hydrogens is 246 g/mol. The van der Waals surface area contributed by atoms with Gasteiger partial charge in [0.15, 0.2) is 5.78 Å². The number of rotatable bonds is 7. The average molecular weight is 263 g/mol. The lowest BCUT2D eigenvalue weighted by Gasteiger charge is -2.03. The van der Waals surface area contributed by atoms with Crippen LogP contribution in [0.5, 0.6) is 0 Å². The molecule has 0 radical (unpaired) electrons. The van der Waals surface area contributed by atoms with E-state index in [0.29, 0.717) is 5.56 Å². The molecule has 19 heavy (non-hydrogen) atoms. The van der Waals surface area contributed by atoms with Crippen molar-refractivity contribution in [1.82, 2.24) is 5.32 Å². The largest absolute Gasteiger partial charge is 0.481 e. The van der Waals surface area contributed by atoms with Crippen molar-refractivity contribution >= 4 is 17.7 Å². The molecule has 102 valence electrons. The summed E-state index contributed by atoms with van der Waals surface area (Å²) in [5.41, 5.74) is 1.66. The number of carboxylic acid groups (broad SMARTS) is 1. The van der Waals surface area contributed by atoms with Crippen molar-refractivity contribution in [2.75, 3.05) is 6.54 Å². The molecule has 0 aromatic heterocycles. The first-order chi connectivity index (χ1) is 8.99. The van der Waals surface area contributed by atoms with E-state index in [0.717, 1.165) is 5.56 Å². The average Bonchev–Trinajstić information content (AvgIpc) is 2.36. The first-order valence-electron chi connectivity index (χ1n) is 6.07. The second kappa shape index (κ2) is 7.31. The number of nitrogens with one attached hydrogen (secondary N) is 1. The Morgan fingerprint density at radius 1 is 1.05 bits per heavy atom. The molecule has 0 aliphatic heterocycles. The minimum atomic E-state index is -0.962. The van der Waals surface area contributed by atoms with E-state index in [9.17, 15) is 14.4 Å². The molecule has 0 fully saturated rings. The summed E-state index contributed by atoms with van der Waals surface area (Å²) < 4.78 is 0. The summed E-state index contributed by atoms with van der Waals surface area (Å²) in [6, 6.07) is 7.17. The Morgan fingerprint density at radius 3 is 2.26 bits per heavy atom. The van der Waals surface area contributed by atoms with Crippen LogP contribution in [0.2, 0.25) is 0 Å². The van der Waals surface area contributed by atoms with Gasteiger partial charge in [-0.1, -0.05) is 29.8 Å². The Kier molecular flexibility index (Phi) is 5.73. The lowest BCUT2D eigenvalue weighted by molar-refractivity contribution is -0.136. The molecule has 0 spiro atoms. The first-order valence-corrected chi connectivity index (χ1v) is 6.07. The monoisotopic (exact) mass is 263 g/mol. The Labute approximate surface area is 111 Å². The molecule has 0 heterocycles. The molecular formula is C14H17NO4. The molecule has 5 heteroatoms. The number of hydrogen-bond donors (Lipinski definition) is 2. The fraction of sp³-hybridized carbons (Fsp3) is 0.357. The van der Waals surface area contributed by atoms with Crippen molar-refractivity contribution in [3.63, 3.8) is 0 Å². The Hall–Kier alpha value is -2.17. The van der Waals surface area contributed by atoms with E-state index in [1.807, 2.05) is 19.1 Å². The topological polar surface area (TPSA) is 83.5 Å². The van der Waals surface area contributed by atoms with Gasteiger partial charge in [-0.3, -0.25) is 14.4 Å². The third kappa shape index (κ3) is 5.81. The number of aryl methyl sites for hydroxylation is 1. The quantitative estimate of drug-likeness (QED) is 0.731. The van der Waals surface area contributed by atoms with Crippen molar-refractivity contribution < 1.29 is 19.5 Å². The number of amides is 1. The van der Waals surface area contributed by atoms with Gasteiger partial charge in [0.1, 0.15) is 0 Å². The number of Topliss-reactive ketones (excluding diaryl/α,β-unsaturated/α-hetero) is 1. The van der Waals surface area contributed by atoms with Crippen LogP contribution in [0, 0.1) is 6.92 Å². The summed E-state index contributed by atoms with van der Waals surface area (Å²) in [4.78, 5) is 33.4. The standard InChI is InChI=1S/C14H17NO4/c1-10-2-4-11(5-3-10)12(16)6-7-13(17)15-9-8-14(18)19/h2-5H,6-9H2,1H3,(H,15,17)(H,18,19). The smallest absolute Gasteiger partial charge is 0.305 e. The zero-order valence-corrected chi connectivity index (χ0v) is 10.8. The third-order valence-corrected chi connectivity index (χ3v) is 2.61. The molecule has 0 saturated heterocycles. The summed E-state index contributed by atoms with van der Waals surface area (Å²) in [7, 11) is 0. The van der Waals surface area contributed by atoms with E-state index < -0.39 is 5.97 Å². The molecule has 0 bridgehead atoms. The van der Waals surface area contributed by atoms with E-state index in [-0.39, 0.29) is 37.5 Å². The molecule has 1 rings (SSSR count). The third-order valence-electron chi connectivity index (χ3n) is 2.61. The van der Waals surface area contributed by atoms with E-state index in [1.165, 1.54) is 0 Å². The zero-order chi connectivity index (χ0) is 14.3. The number of hydrogen-bond acceptors (Lipinski definition) is 3. The maximum atomic E-state index is 11.8. The predicted molar refractivity (Wildman–Crippen MR) is 70.0 cm³/mol. The number of aliphatic carboxylic acids is 1. The van der Waals surface area contributed by atoms with Crippen LogP contribution in [0.4, 0.5) is 0 Å². The number of ketones is 1. The molecule has 1 aromatic carbocycles. The zero-order valence-electron chi connectivity index (χ0n) is 10.8. The van der Waals surface area contributed by atoms with Gasteiger partial charge in [0.2, 0.25) is 5.91 Å². The van der Waals surface area contributed by atoms with Crippen molar-refractivity contribution in [2.24, 2.45) is 0 Å². The Bertz CT molecular complexity index is 465. The van der Waals surface area contributed by atoms with Gasteiger partial charge in [-0.15, -0.1) is 0 Å². The second-order valence-electron chi connectivity index (χ2n) is 4.28. The number of carbonyl (C=O) groups is 3. The van der Waals surface area contributed by atoms with Gasteiger partial charge in [0.25, 0.3) is 0 Å². The fourth-order valence-electron chi connectivity index (χ4n) is 1.51. The number of carboxylic acids is 1. The van der Waals surface area contributed by atoms with Gasteiger partial charge in [0.05, 0.1) is 6.42 Å². The highest BCUT2D eigenvalue weighted by Crippen LogP contribution is 2.07. The molecule has 1 amide bonds. The molecule has 0 atom stereocenters. The van der Waals surface area contributed by atoms with E-state index >= 15 is 0 Å². The minimum Gasteiger partial charge on any atom is -0.481 e. The molecule has 0 aliphatic carbocycles. The SMILES string of the molecule is Cc1ccc(C(=O)CCC(=O)NCCC(=O)O)cc1. The van der Waals surface area contributed by atoms with Crippen LogP contribution in [-0.4, -0.2) is 29.3 Å². The van der Waals surface area contributed by atoms with Gasteiger partial charge in [0, 0.05) is 24.9 Å². The normalized spacial score (nSPS) is 9.95.